The van der Waals surface area contributed by atoms with E-state index >= 15 is 0 Å². The monoisotopic (exact) mass is 317 g/mol. The van der Waals surface area contributed by atoms with Crippen molar-refractivity contribution in [1.29, 1.82) is 0 Å². The Morgan fingerprint density at radius 2 is 2.41 bits per heavy atom. The summed E-state index contributed by atoms with van der Waals surface area (Å²) in [6.45, 7) is 1.17. The summed E-state index contributed by atoms with van der Waals surface area (Å²) in [5.74, 6) is 0.894. The molecule has 3 heterocycles. The molecule has 0 aliphatic carbocycles. The predicted molar refractivity (Wildman–Crippen MR) is 87.2 cm³/mol. The summed E-state index contributed by atoms with van der Waals surface area (Å²) in [5, 5.41) is 8.86. The fraction of sp³-hybridized carbons (Fsp3) is 0.400. The van der Waals surface area contributed by atoms with E-state index in [1.807, 2.05) is 28.5 Å². The van der Waals surface area contributed by atoms with Crippen LogP contribution in [-0.2, 0) is 4.79 Å². The van der Waals surface area contributed by atoms with E-state index in [1.165, 1.54) is 11.3 Å². The van der Waals surface area contributed by atoms with Crippen molar-refractivity contribution in [1.82, 2.24) is 20.2 Å². The van der Waals surface area contributed by atoms with Gasteiger partial charge in [-0.25, -0.2) is 9.97 Å². The second-order valence-electron chi connectivity index (χ2n) is 5.19. The zero-order valence-corrected chi connectivity index (χ0v) is 13.3. The minimum absolute atomic E-state index is 0.0684. The number of anilines is 2. The first-order valence-corrected chi connectivity index (χ1v) is 8.23. The van der Waals surface area contributed by atoms with Gasteiger partial charge in [-0.05, 0) is 32.0 Å². The second kappa shape index (κ2) is 6.85. The summed E-state index contributed by atoms with van der Waals surface area (Å²) in [6.07, 6.45) is 3.74. The molecule has 1 aliphatic heterocycles. The number of thiazole rings is 1. The Labute approximate surface area is 133 Å². The van der Waals surface area contributed by atoms with Gasteiger partial charge in [-0.1, -0.05) is 6.07 Å². The molecule has 1 aliphatic rings. The quantitative estimate of drug-likeness (QED) is 0.884. The Balaban J connectivity index is 1.77. The molecule has 1 amide bonds. The maximum absolute atomic E-state index is 12.2. The summed E-state index contributed by atoms with van der Waals surface area (Å²) in [7, 11) is 1.79. The van der Waals surface area contributed by atoms with E-state index in [0.717, 1.165) is 36.0 Å². The molecule has 2 N–H and O–H groups in total. The first-order valence-electron chi connectivity index (χ1n) is 7.35. The number of amides is 1. The maximum Gasteiger partial charge on any atom is 0.237 e. The molecule has 2 aromatic rings. The standard InChI is InChI=1S/C15H19N5OS/c1-16-10-14(21)20-8-3-5-12(20)11-4-2-6-13(18-11)19-15-17-7-9-22-15/h2,4,6-7,9,12,16H,3,5,8,10H2,1H3,(H,17,18,19)/t12-/m0/s1. The first-order chi connectivity index (χ1) is 10.8. The molecule has 22 heavy (non-hydrogen) atoms. The number of hydrogen-bond donors (Lipinski definition) is 2. The van der Waals surface area contributed by atoms with Crippen molar-refractivity contribution in [3.63, 3.8) is 0 Å². The van der Waals surface area contributed by atoms with E-state index in [0.29, 0.717) is 6.54 Å². The molecule has 0 unspecified atom stereocenters. The van der Waals surface area contributed by atoms with Crippen molar-refractivity contribution in [3.05, 3.63) is 35.5 Å². The number of nitrogens with zero attached hydrogens (tertiary/aromatic N) is 3. The molecule has 1 fully saturated rings. The Morgan fingerprint density at radius 3 is 3.18 bits per heavy atom. The number of likely N-dealkylation sites (tertiary alicyclic amines) is 1. The molecule has 0 saturated carbocycles. The molecule has 0 radical (unpaired) electrons. The average Bonchev–Trinajstić information content (AvgIpc) is 3.19. The number of likely N-dealkylation sites (N-methyl/N-ethyl adjacent to an activating group) is 1. The topological polar surface area (TPSA) is 70.2 Å². The molecule has 2 aromatic heterocycles. The summed E-state index contributed by atoms with van der Waals surface area (Å²) in [5.41, 5.74) is 0.934. The highest BCUT2D eigenvalue weighted by Crippen LogP contribution is 2.31. The van der Waals surface area contributed by atoms with Gasteiger partial charge in [0.25, 0.3) is 0 Å². The lowest BCUT2D eigenvalue weighted by Gasteiger charge is -2.24. The zero-order chi connectivity index (χ0) is 15.4. The minimum atomic E-state index is 0.0684. The molecular weight excluding hydrogens is 298 g/mol. The number of hydrogen-bond acceptors (Lipinski definition) is 6. The molecular formula is C15H19N5OS. The Kier molecular flexibility index (Phi) is 4.65. The van der Waals surface area contributed by atoms with Gasteiger partial charge in [0.2, 0.25) is 5.91 Å². The molecule has 0 bridgehead atoms. The van der Waals surface area contributed by atoms with Crippen molar-refractivity contribution >= 4 is 28.2 Å². The lowest BCUT2D eigenvalue weighted by Crippen LogP contribution is -2.36. The van der Waals surface area contributed by atoms with Crippen LogP contribution >= 0.6 is 11.3 Å². The van der Waals surface area contributed by atoms with Gasteiger partial charge in [-0.15, -0.1) is 11.3 Å². The van der Waals surface area contributed by atoms with Gasteiger partial charge >= 0.3 is 0 Å². The molecule has 116 valence electrons. The second-order valence-corrected chi connectivity index (χ2v) is 6.08. The smallest absolute Gasteiger partial charge is 0.237 e. The highest BCUT2D eigenvalue weighted by atomic mass is 32.1. The van der Waals surface area contributed by atoms with Crippen LogP contribution in [0.4, 0.5) is 10.9 Å². The maximum atomic E-state index is 12.2. The number of carbonyl (C=O) groups is 1. The predicted octanol–water partition coefficient (Wildman–Crippen LogP) is 2.16. The van der Waals surface area contributed by atoms with Crippen molar-refractivity contribution in [2.45, 2.75) is 18.9 Å². The summed E-state index contributed by atoms with van der Waals surface area (Å²) < 4.78 is 0. The molecule has 1 saturated heterocycles. The van der Waals surface area contributed by atoms with Gasteiger partial charge in [0.15, 0.2) is 5.13 Å². The molecule has 0 aromatic carbocycles. The van der Waals surface area contributed by atoms with Crippen LogP contribution in [0.5, 0.6) is 0 Å². The highest BCUT2D eigenvalue weighted by molar-refractivity contribution is 7.13. The molecule has 7 heteroatoms. The van der Waals surface area contributed by atoms with E-state index in [9.17, 15) is 4.79 Å². The average molecular weight is 317 g/mol. The van der Waals surface area contributed by atoms with Crippen LogP contribution in [0.25, 0.3) is 0 Å². The van der Waals surface area contributed by atoms with Crippen LogP contribution in [-0.4, -0.2) is 40.9 Å². The molecule has 6 nitrogen and oxygen atoms in total. The first kappa shape index (κ1) is 14.9. The van der Waals surface area contributed by atoms with Crippen LogP contribution in [0.15, 0.2) is 29.8 Å². The van der Waals surface area contributed by atoms with Gasteiger partial charge < -0.3 is 15.5 Å². The third-order valence-electron chi connectivity index (χ3n) is 3.68. The van der Waals surface area contributed by atoms with Crippen molar-refractivity contribution < 1.29 is 4.79 Å². The van der Waals surface area contributed by atoms with Crippen LogP contribution < -0.4 is 10.6 Å². The lowest BCUT2D eigenvalue weighted by atomic mass is 10.1. The number of carbonyl (C=O) groups excluding carboxylic acids is 1. The fourth-order valence-corrected chi connectivity index (χ4v) is 3.26. The van der Waals surface area contributed by atoms with Gasteiger partial charge in [-0.3, -0.25) is 4.79 Å². The van der Waals surface area contributed by atoms with E-state index < -0.39 is 0 Å². The number of nitrogens with one attached hydrogen (secondary N) is 2. The van der Waals surface area contributed by atoms with E-state index in [2.05, 4.69) is 20.6 Å². The van der Waals surface area contributed by atoms with Gasteiger partial charge in [0.05, 0.1) is 18.3 Å². The third-order valence-corrected chi connectivity index (χ3v) is 4.37. The molecule has 1 atom stereocenters. The fourth-order valence-electron chi connectivity index (χ4n) is 2.73. The number of rotatable bonds is 5. The Bertz CT molecular complexity index is 631. The van der Waals surface area contributed by atoms with Crippen molar-refractivity contribution in [2.75, 3.05) is 25.5 Å². The van der Waals surface area contributed by atoms with Crippen molar-refractivity contribution in [3.8, 4) is 0 Å². The number of aromatic nitrogens is 2. The van der Waals surface area contributed by atoms with Crippen molar-refractivity contribution in [2.24, 2.45) is 0 Å². The normalized spacial score (nSPS) is 17.7. The molecule has 3 rings (SSSR count). The van der Waals surface area contributed by atoms with E-state index in [4.69, 9.17) is 0 Å². The van der Waals surface area contributed by atoms with Gasteiger partial charge in [-0.2, -0.15) is 0 Å². The van der Waals surface area contributed by atoms with Crippen LogP contribution in [0.2, 0.25) is 0 Å². The van der Waals surface area contributed by atoms with Gasteiger partial charge in [0.1, 0.15) is 5.82 Å². The van der Waals surface area contributed by atoms with Crippen LogP contribution in [0, 0.1) is 0 Å². The summed E-state index contributed by atoms with van der Waals surface area (Å²) in [4.78, 5) is 23.0. The minimum Gasteiger partial charge on any atom is -0.333 e. The van der Waals surface area contributed by atoms with Crippen LogP contribution in [0.3, 0.4) is 0 Å². The van der Waals surface area contributed by atoms with Crippen LogP contribution in [0.1, 0.15) is 24.6 Å². The lowest BCUT2D eigenvalue weighted by molar-refractivity contribution is -0.131. The summed E-state index contributed by atoms with van der Waals surface area (Å²) in [6, 6.07) is 5.94. The zero-order valence-electron chi connectivity index (χ0n) is 12.5. The Morgan fingerprint density at radius 1 is 1.50 bits per heavy atom. The van der Waals surface area contributed by atoms with E-state index in [-0.39, 0.29) is 11.9 Å². The highest BCUT2D eigenvalue weighted by Gasteiger charge is 2.30. The number of pyridine rings is 1. The third kappa shape index (κ3) is 3.26. The van der Waals surface area contributed by atoms with E-state index in [1.54, 1.807) is 13.2 Å². The van der Waals surface area contributed by atoms with Gasteiger partial charge in [0, 0.05) is 18.1 Å². The molecule has 0 spiro atoms. The summed E-state index contributed by atoms with van der Waals surface area (Å²) >= 11 is 1.53. The Hall–Kier alpha value is -1.99. The SMILES string of the molecule is CNCC(=O)N1CCC[C@H]1c1cccc(Nc2nccs2)n1. The largest absolute Gasteiger partial charge is 0.333 e.